The van der Waals surface area contributed by atoms with E-state index in [1.807, 2.05) is 31.3 Å². The van der Waals surface area contributed by atoms with Crippen molar-refractivity contribution < 1.29 is 4.79 Å². The van der Waals surface area contributed by atoms with Crippen LogP contribution in [0.25, 0.3) is 0 Å². The molecule has 0 aliphatic heterocycles. The highest BCUT2D eigenvalue weighted by Gasteiger charge is 2.25. The lowest BCUT2D eigenvalue weighted by Gasteiger charge is -2.18. The lowest BCUT2D eigenvalue weighted by molar-refractivity contribution is 0.0931. The van der Waals surface area contributed by atoms with Crippen LogP contribution in [-0.4, -0.2) is 25.5 Å². The zero-order valence-electron chi connectivity index (χ0n) is 12.6. The Hall–Kier alpha value is -1.35. The van der Waals surface area contributed by atoms with E-state index in [0.29, 0.717) is 6.04 Å². The molecule has 1 aromatic carbocycles. The summed E-state index contributed by atoms with van der Waals surface area (Å²) in [6.45, 7) is 3.05. The summed E-state index contributed by atoms with van der Waals surface area (Å²) >= 11 is 0. The summed E-state index contributed by atoms with van der Waals surface area (Å²) in [5.41, 5.74) is 1.96. The normalized spacial score (nSPS) is 15.9. The topological polar surface area (TPSA) is 41.1 Å². The molecule has 1 atom stereocenters. The van der Waals surface area contributed by atoms with Crippen LogP contribution < -0.4 is 10.6 Å². The molecule has 1 aromatic rings. The fraction of sp³-hybridized carbons (Fsp3) is 0.588. The molecule has 2 rings (SSSR count). The summed E-state index contributed by atoms with van der Waals surface area (Å²) < 4.78 is 0. The molecule has 3 heteroatoms. The van der Waals surface area contributed by atoms with E-state index >= 15 is 0 Å². The van der Waals surface area contributed by atoms with Crippen molar-refractivity contribution in [3.05, 3.63) is 35.4 Å². The molecule has 1 fully saturated rings. The Morgan fingerprint density at radius 3 is 2.75 bits per heavy atom. The third-order valence-electron chi connectivity index (χ3n) is 4.05. The minimum Gasteiger partial charge on any atom is -0.349 e. The molecule has 1 saturated carbocycles. The van der Waals surface area contributed by atoms with Gasteiger partial charge >= 0.3 is 0 Å². The number of carbonyl (C=O) groups is 1. The Morgan fingerprint density at radius 1 is 1.35 bits per heavy atom. The van der Waals surface area contributed by atoms with Crippen LogP contribution in [0.5, 0.6) is 0 Å². The molecule has 20 heavy (non-hydrogen) atoms. The first-order valence-electron chi connectivity index (χ1n) is 7.78. The van der Waals surface area contributed by atoms with E-state index in [2.05, 4.69) is 17.6 Å². The quantitative estimate of drug-likeness (QED) is 0.765. The van der Waals surface area contributed by atoms with E-state index in [9.17, 15) is 4.79 Å². The first-order chi connectivity index (χ1) is 9.74. The van der Waals surface area contributed by atoms with Crippen LogP contribution >= 0.6 is 0 Å². The standard InChI is InChI=1S/C17H26N2O/c1-3-15(12-13-8-9-13)19-17(20)16-7-5-4-6-14(16)10-11-18-2/h4-7,13,15,18H,3,8-12H2,1-2H3,(H,19,20). The summed E-state index contributed by atoms with van der Waals surface area (Å²) in [4.78, 5) is 12.5. The molecule has 0 saturated heterocycles. The highest BCUT2D eigenvalue weighted by atomic mass is 16.1. The Kier molecular flexibility index (Phi) is 5.60. The molecule has 0 aromatic heterocycles. The van der Waals surface area contributed by atoms with Crippen molar-refractivity contribution in [3.63, 3.8) is 0 Å². The minimum absolute atomic E-state index is 0.0872. The van der Waals surface area contributed by atoms with E-state index < -0.39 is 0 Å². The van der Waals surface area contributed by atoms with Gasteiger partial charge in [0.15, 0.2) is 0 Å². The predicted molar refractivity (Wildman–Crippen MR) is 83.0 cm³/mol. The number of hydrogen-bond acceptors (Lipinski definition) is 2. The zero-order valence-corrected chi connectivity index (χ0v) is 12.6. The summed E-state index contributed by atoms with van der Waals surface area (Å²) in [7, 11) is 1.94. The number of benzene rings is 1. The molecule has 110 valence electrons. The van der Waals surface area contributed by atoms with Crippen LogP contribution in [-0.2, 0) is 6.42 Å². The van der Waals surface area contributed by atoms with E-state index in [1.165, 1.54) is 12.8 Å². The molecular formula is C17H26N2O. The monoisotopic (exact) mass is 274 g/mol. The molecule has 0 radical (unpaired) electrons. The first-order valence-corrected chi connectivity index (χ1v) is 7.78. The van der Waals surface area contributed by atoms with Gasteiger partial charge in [-0.15, -0.1) is 0 Å². The maximum atomic E-state index is 12.5. The number of nitrogens with one attached hydrogen (secondary N) is 2. The van der Waals surface area contributed by atoms with Gasteiger partial charge in [0.05, 0.1) is 0 Å². The van der Waals surface area contributed by atoms with Crippen LogP contribution in [0.3, 0.4) is 0 Å². The Balaban J connectivity index is 1.99. The van der Waals surface area contributed by atoms with Crippen LogP contribution in [0.1, 0.15) is 48.5 Å². The fourth-order valence-corrected chi connectivity index (χ4v) is 2.57. The van der Waals surface area contributed by atoms with Gasteiger partial charge in [0, 0.05) is 11.6 Å². The van der Waals surface area contributed by atoms with Gasteiger partial charge in [0.1, 0.15) is 0 Å². The van der Waals surface area contributed by atoms with Crippen LogP contribution in [0.4, 0.5) is 0 Å². The lowest BCUT2D eigenvalue weighted by atomic mass is 10.0. The van der Waals surface area contributed by atoms with E-state index in [-0.39, 0.29) is 5.91 Å². The van der Waals surface area contributed by atoms with E-state index in [4.69, 9.17) is 0 Å². The van der Waals surface area contributed by atoms with Gasteiger partial charge in [-0.3, -0.25) is 4.79 Å². The van der Waals surface area contributed by atoms with Gasteiger partial charge in [-0.2, -0.15) is 0 Å². The number of amides is 1. The molecule has 0 spiro atoms. The van der Waals surface area contributed by atoms with Gasteiger partial charge < -0.3 is 10.6 Å². The molecule has 3 nitrogen and oxygen atoms in total. The number of rotatable bonds is 8. The highest BCUT2D eigenvalue weighted by Crippen LogP contribution is 2.34. The Morgan fingerprint density at radius 2 is 2.10 bits per heavy atom. The Labute approximate surface area is 122 Å². The predicted octanol–water partition coefficient (Wildman–Crippen LogP) is 2.76. The van der Waals surface area contributed by atoms with Gasteiger partial charge in [-0.25, -0.2) is 0 Å². The van der Waals surface area contributed by atoms with Crippen molar-refractivity contribution in [2.24, 2.45) is 5.92 Å². The summed E-state index contributed by atoms with van der Waals surface area (Å²) in [6.07, 6.45) is 5.72. The SMILES string of the molecule is CCC(CC1CC1)NC(=O)c1ccccc1CCNC. The number of hydrogen-bond donors (Lipinski definition) is 2. The van der Waals surface area contributed by atoms with Gasteiger partial charge in [0.25, 0.3) is 5.91 Å². The smallest absolute Gasteiger partial charge is 0.251 e. The van der Waals surface area contributed by atoms with E-state index in [0.717, 1.165) is 42.9 Å². The molecule has 1 unspecified atom stereocenters. The van der Waals surface area contributed by atoms with Crippen LogP contribution in [0.2, 0.25) is 0 Å². The van der Waals surface area contributed by atoms with Crippen molar-refractivity contribution in [3.8, 4) is 0 Å². The van der Waals surface area contributed by atoms with Gasteiger partial charge in [-0.05, 0) is 50.4 Å². The van der Waals surface area contributed by atoms with Crippen molar-refractivity contribution in [2.75, 3.05) is 13.6 Å². The number of likely N-dealkylation sites (N-methyl/N-ethyl adjacent to an activating group) is 1. The molecular weight excluding hydrogens is 248 g/mol. The summed E-state index contributed by atoms with van der Waals surface area (Å²) in [6, 6.07) is 8.26. The molecule has 1 aliphatic rings. The maximum absolute atomic E-state index is 12.5. The van der Waals surface area contributed by atoms with Crippen molar-refractivity contribution in [1.82, 2.24) is 10.6 Å². The molecule has 2 N–H and O–H groups in total. The third kappa shape index (κ3) is 4.34. The maximum Gasteiger partial charge on any atom is 0.251 e. The Bertz CT molecular complexity index is 440. The van der Waals surface area contributed by atoms with E-state index in [1.54, 1.807) is 0 Å². The average molecular weight is 274 g/mol. The second kappa shape index (κ2) is 7.44. The first kappa shape index (κ1) is 15.0. The van der Waals surface area contributed by atoms with Crippen molar-refractivity contribution in [2.45, 2.75) is 45.1 Å². The van der Waals surface area contributed by atoms with Crippen molar-refractivity contribution in [1.29, 1.82) is 0 Å². The highest BCUT2D eigenvalue weighted by molar-refractivity contribution is 5.95. The van der Waals surface area contributed by atoms with Crippen LogP contribution in [0.15, 0.2) is 24.3 Å². The fourth-order valence-electron chi connectivity index (χ4n) is 2.57. The lowest BCUT2D eigenvalue weighted by Crippen LogP contribution is -2.35. The van der Waals surface area contributed by atoms with Gasteiger partial charge in [-0.1, -0.05) is 38.0 Å². The van der Waals surface area contributed by atoms with Crippen LogP contribution in [0, 0.1) is 5.92 Å². The zero-order chi connectivity index (χ0) is 14.4. The molecule has 1 aliphatic carbocycles. The van der Waals surface area contributed by atoms with Crippen molar-refractivity contribution >= 4 is 5.91 Å². The van der Waals surface area contributed by atoms with Gasteiger partial charge in [0.2, 0.25) is 0 Å². The second-order valence-corrected chi connectivity index (χ2v) is 5.77. The summed E-state index contributed by atoms with van der Waals surface area (Å²) in [5.74, 6) is 0.934. The molecule has 0 heterocycles. The molecule has 1 amide bonds. The average Bonchev–Trinajstić information content (AvgIpc) is 3.28. The largest absolute Gasteiger partial charge is 0.349 e. The third-order valence-corrected chi connectivity index (χ3v) is 4.05. The number of carbonyl (C=O) groups excluding carboxylic acids is 1. The summed E-state index contributed by atoms with van der Waals surface area (Å²) in [5, 5.41) is 6.35. The minimum atomic E-state index is 0.0872. The molecule has 0 bridgehead atoms. The second-order valence-electron chi connectivity index (χ2n) is 5.77.